The first-order chi connectivity index (χ1) is 4.34. The van der Waals surface area contributed by atoms with E-state index in [9.17, 15) is 0 Å². The van der Waals surface area contributed by atoms with Crippen LogP contribution in [0, 0.1) is 0 Å². The minimum atomic E-state index is 0. The molecule has 1 aliphatic rings. The van der Waals surface area contributed by atoms with E-state index in [4.69, 9.17) is 5.73 Å². The summed E-state index contributed by atoms with van der Waals surface area (Å²) in [6.07, 6.45) is 2.90. The van der Waals surface area contributed by atoms with Crippen LogP contribution in [0.4, 0.5) is 0 Å². The molecule has 0 bridgehead atoms. The quantitative estimate of drug-likeness (QED) is 0.656. The molecule has 0 radical (unpaired) electrons. The molecule has 3 nitrogen and oxygen atoms in total. The maximum Gasteiger partial charge on any atom is 0.0806 e. The standard InChI is InChI=1S/C6H11N3.ClH/c1-2-5(7)6-3-4-8-9-6;/h3,5H,2,4,7H2,1H3;1H. The van der Waals surface area contributed by atoms with Crippen LogP contribution in [0.15, 0.2) is 22.0 Å². The number of nitrogens with two attached hydrogens (primary N) is 1. The molecular weight excluding hydrogens is 150 g/mol. The maximum atomic E-state index is 5.66. The summed E-state index contributed by atoms with van der Waals surface area (Å²) in [5, 5.41) is 7.65. The van der Waals surface area contributed by atoms with E-state index in [0.29, 0.717) is 6.54 Å². The van der Waals surface area contributed by atoms with Gasteiger partial charge in [0.25, 0.3) is 0 Å². The molecule has 1 rings (SSSR count). The molecule has 0 amide bonds. The predicted octanol–water partition coefficient (Wildman–Crippen LogP) is 1.50. The zero-order valence-corrected chi connectivity index (χ0v) is 6.77. The summed E-state index contributed by atoms with van der Waals surface area (Å²) in [5.74, 6) is 0. The van der Waals surface area contributed by atoms with Gasteiger partial charge in [0.1, 0.15) is 0 Å². The van der Waals surface area contributed by atoms with Gasteiger partial charge in [0.2, 0.25) is 0 Å². The number of rotatable bonds is 2. The normalized spacial score (nSPS) is 18.0. The van der Waals surface area contributed by atoms with Gasteiger partial charge in [-0.2, -0.15) is 10.2 Å². The zero-order chi connectivity index (χ0) is 6.69. The molecule has 1 atom stereocenters. The van der Waals surface area contributed by atoms with Gasteiger partial charge in [-0.1, -0.05) is 6.92 Å². The lowest BCUT2D eigenvalue weighted by Crippen LogP contribution is -2.19. The fraction of sp³-hybridized carbons (Fsp3) is 0.667. The second kappa shape index (κ2) is 4.41. The van der Waals surface area contributed by atoms with Crippen molar-refractivity contribution < 1.29 is 0 Å². The Hall–Kier alpha value is -0.410. The monoisotopic (exact) mass is 161 g/mol. The molecule has 2 N–H and O–H groups in total. The first-order valence-corrected chi connectivity index (χ1v) is 3.17. The van der Waals surface area contributed by atoms with Gasteiger partial charge >= 0.3 is 0 Å². The van der Waals surface area contributed by atoms with Crippen LogP contribution in [0.3, 0.4) is 0 Å². The third kappa shape index (κ3) is 2.08. The van der Waals surface area contributed by atoms with Crippen LogP contribution in [0.1, 0.15) is 13.3 Å². The van der Waals surface area contributed by atoms with Crippen LogP contribution in [0.2, 0.25) is 0 Å². The van der Waals surface area contributed by atoms with Crippen LogP contribution >= 0.6 is 12.4 Å². The Bertz CT molecular complexity index is 153. The first kappa shape index (κ1) is 9.59. The highest BCUT2D eigenvalue weighted by molar-refractivity contribution is 5.85. The average Bonchev–Trinajstić information content (AvgIpc) is 2.37. The van der Waals surface area contributed by atoms with E-state index < -0.39 is 0 Å². The lowest BCUT2D eigenvalue weighted by atomic mass is 10.2. The molecule has 0 saturated heterocycles. The largest absolute Gasteiger partial charge is 0.323 e. The van der Waals surface area contributed by atoms with E-state index in [2.05, 4.69) is 10.2 Å². The van der Waals surface area contributed by atoms with Crippen LogP contribution in [0.25, 0.3) is 0 Å². The number of hydrogen-bond donors (Lipinski definition) is 1. The molecule has 0 spiro atoms. The van der Waals surface area contributed by atoms with Gasteiger partial charge in [-0.05, 0) is 12.5 Å². The summed E-state index contributed by atoms with van der Waals surface area (Å²) in [6, 6.07) is 0.0937. The third-order valence-corrected chi connectivity index (χ3v) is 1.39. The lowest BCUT2D eigenvalue weighted by molar-refractivity contribution is 0.728. The number of halogens is 1. The maximum absolute atomic E-state index is 5.66. The molecule has 1 unspecified atom stereocenters. The zero-order valence-electron chi connectivity index (χ0n) is 5.95. The van der Waals surface area contributed by atoms with Crippen LogP contribution in [-0.4, -0.2) is 12.6 Å². The summed E-state index contributed by atoms with van der Waals surface area (Å²) >= 11 is 0. The van der Waals surface area contributed by atoms with Crippen LogP contribution in [0.5, 0.6) is 0 Å². The highest BCUT2D eigenvalue weighted by Crippen LogP contribution is 2.10. The molecule has 58 valence electrons. The molecule has 0 aromatic carbocycles. The molecule has 0 aromatic rings. The highest BCUT2D eigenvalue weighted by Gasteiger charge is 2.07. The van der Waals surface area contributed by atoms with E-state index in [0.717, 1.165) is 12.1 Å². The van der Waals surface area contributed by atoms with E-state index in [-0.39, 0.29) is 18.4 Å². The third-order valence-electron chi connectivity index (χ3n) is 1.39. The predicted molar refractivity (Wildman–Crippen MR) is 43.3 cm³/mol. The second-order valence-corrected chi connectivity index (χ2v) is 2.07. The Labute approximate surface area is 66.8 Å². The van der Waals surface area contributed by atoms with Crippen molar-refractivity contribution in [2.45, 2.75) is 19.4 Å². The SMILES string of the molecule is CCC(N)C1=CCN=N1.Cl. The summed E-state index contributed by atoms with van der Waals surface area (Å²) in [4.78, 5) is 0. The van der Waals surface area contributed by atoms with Crippen molar-refractivity contribution >= 4 is 12.4 Å². The molecule has 10 heavy (non-hydrogen) atoms. The molecule has 0 saturated carbocycles. The Balaban J connectivity index is 0.000000810. The van der Waals surface area contributed by atoms with Crippen molar-refractivity contribution in [3.8, 4) is 0 Å². The smallest absolute Gasteiger partial charge is 0.0806 e. The molecule has 1 aliphatic heterocycles. The molecule has 0 aliphatic carbocycles. The van der Waals surface area contributed by atoms with E-state index >= 15 is 0 Å². The lowest BCUT2D eigenvalue weighted by Gasteiger charge is -2.03. The summed E-state index contributed by atoms with van der Waals surface area (Å²) < 4.78 is 0. The van der Waals surface area contributed by atoms with Crippen LogP contribution in [-0.2, 0) is 0 Å². The van der Waals surface area contributed by atoms with Crippen LogP contribution < -0.4 is 5.73 Å². The van der Waals surface area contributed by atoms with E-state index in [1.54, 1.807) is 0 Å². The Morgan fingerprint density at radius 1 is 1.80 bits per heavy atom. The number of azo groups is 1. The van der Waals surface area contributed by atoms with Crippen molar-refractivity contribution in [3.05, 3.63) is 11.8 Å². The molecular formula is C6H12ClN3. The number of hydrogen-bond acceptors (Lipinski definition) is 3. The van der Waals surface area contributed by atoms with E-state index in [1.165, 1.54) is 0 Å². The Morgan fingerprint density at radius 3 is 2.90 bits per heavy atom. The van der Waals surface area contributed by atoms with Crippen molar-refractivity contribution in [1.82, 2.24) is 0 Å². The average molecular weight is 162 g/mol. The van der Waals surface area contributed by atoms with Crippen molar-refractivity contribution in [3.63, 3.8) is 0 Å². The Kier molecular flexibility index (Phi) is 4.23. The van der Waals surface area contributed by atoms with Gasteiger partial charge in [-0.15, -0.1) is 12.4 Å². The summed E-state index contributed by atoms with van der Waals surface area (Å²) in [6.45, 7) is 2.75. The molecule has 1 heterocycles. The molecule has 4 heteroatoms. The van der Waals surface area contributed by atoms with Gasteiger partial charge in [0.15, 0.2) is 0 Å². The minimum absolute atomic E-state index is 0. The summed E-state index contributed by atoms with van der Waals surface area (Å²) in [5.41, 5.74) is 6.60. The van der Waals surface area contributed by atoms with Crippen molar-refractivity contribution in [2.75, 3.05) is 6.54 Å². The fourth-order valence-electron chi connectivity index (χ4n) is 0.732. The van der Waals surface area contributed by atoms with E-state index in [1.807, 2.05) is 13.0 Å². The first-order valence-electron chi connectivity index (χ1n) is 3.17. The highest BCUT2D eigenvalue weighted by atomic mass is 35.5. The fourth-order valence-corrected chi connectivity index (χ4v) is 0.732. The topological polar surface area (TPSA) is 50.7 Å². The second-order valence-electron chi connectivity index (χ2n) is 2.07. The van der Waals surface area contributed by atoms with Crippen molar-refractivity contribution in [2.24, 2.45) is 16.0 Å². The van der Waals surface area contributed by atoms with Gasteiger partial charge in [-0.25, -0.2) is 0 Å². The molecule has 0 aromatic heterocycles. The minimum Gasteiger partial charge on any atom is -0.323 e. The van der Waals surface area contributed by atoms with Gasteiger partial charge in [-0.3, -0.25) is 0 Å². The number of nitrogens with zero attached hydrogens (tertiary/aromatic N) is 2. The van der Waals surface area contributed by atoms with Gasteiger partial charge in [0, 0.05) is 6.04 Å². The van der Waals surface area contributed by atoms with Gasteiger partial charge < -0.3 is 5.73 Å². The Morgan fingerprint density at radius 2 is 2.50 bits per heavy atom. The van der Waals surface area contributed by atoms with Crippen molar-refractivity contribution in [1.29, 1.82) is 0 Å². The molecule has 0 fully saturated rings. The van der Waals surface area contributed by atoms with Gasteiger partial charge in [0.05, 0.1) is 12.2 Å². The summed E-state index contributed by atoms with van der Waals surface area (Å²) in [7, 11) is 0.